The Kier molecular flexibility index (Phi) is 7.59. The van der Waals surface area contributed by atoms with Crippen molar-refractivity contribution in [3.05, 3.63) is 93.5 Å². The van der Waals surface area contributed by atoms with Crippen molar-refractivity contribution in [1.29, 1.82) is 0 Å². The second kappa shape index (κ2) is 10.6. The number of benzene rings is 3. The number of nitrogens with one attached hydrogen (secondary N) is 3. The summed E-state index contributed by atoms with van der Waals surface area (Å²) in [5.74, 6) is -2.46. The Morgan fingerprint density at radius 2 is 1.53 bits per heavy atom. The second-order valence-corrected chi connectivity index (χ2v) is 7.47. The molecule has 0 unspecified atom stereocenters. The van der Waals surface area contributed by atoms with E-state index in [1.807, 2.05) is 25.1 Å². The van der Waals surface area contributed by atoms with Crippen LogP contribution in [0.3, 0.4) is 0 Å². The minimum atomic E-state index is -1.03. The van der Waals surface area contributed by atoms with Crippen molar-refractivity contribution in [3.8, 4) is 0 Å². The van der Waals surface area contributed by atoms with Crippen LogP contribution in [0.25, 0.3) is 0 Å². The number of nitrogens with zero attached hydrogens (tertiary/aromatic N) is 1. The lowest BCUT2D eigenvalue weighted by Gasteiger charge is -2.11. The Morgan fingerprint density at radius 1 is 0.844 bits per heavy atom. The molecule has 162 valence electrons. The van der Waals surface area contributed by atoms with Crippen molar-refractivity contribution < 1.29 is 14.4 Å². The molecule has 0 aliphatic carbocycles. The van der Waals surface area contributed by atoms with E-state index in [1.165, 1.54) is 18.3 Å². The fourth-order valence-electron chi connectivity index (χ4n) is 2.73. The highest BCUT2D eigenvalue weighted by molar-refractivity contribution is 6.40. The average Bonchev–Trinajstić information content (AvgIpc) is 2.76. The summed E-state index contributed by atoms with van der Waals surface area (Å²) in [5.41, 5.74) is 4.47. The number of aryl methyl sites for hydroxylation is 1. The number of carbonyl (C=O) groups excluding carboxylic acids is 3. The van der Waals surface area contributed by atoms with Gasteiger partial charge >= 0.3 is 11.8 Å². The topological polar surface area (TPSA) is 99.7 Å². The van der Waals surface area contributed by atoms with Gasteiger partial charge in [0.25, 0.3) is 5.91 Å². The first-order valence-corrected chi connectivity index (χ1v) is 10.2. The van der Waals surface area contributed by atoms with Gasteiger partial charge in [0.1, 0.15) is 0 Å². The van der Waals surface area contributed by atoms with Gasteiger partial charge in [-0.3, -0.25) is 14.4 Å². The number of hydrazone groups is 1. The maximum absolute atomic E-state index is 12.7. The summed E-state index contributed by atoms with van der Waals surface area (Å²) in [5, 5.41) is 9.58. The van der Waals surface area contributed by atoms with Gasteiger partial charge in [-0.25, -0.2) is 5.43 Å². The van der Waals surface area contributed by atoms with Gasteiger partial charge in [-0.2, -0.15) is 5.10 Å². The molecule has 3 amide bonds. The summed E-state index contributed by atoms with van der Waals surface area (Å²) in [6.45, 7) is 1.91. The molecule has 9 heteroatoms. The van der Waals surface area contributed by atoms with Crippen molar-refractivity contribution in [2.24, 2.45) is 5.10 Å². The van der Waals surface area contributed by atoms with Crippen molar-refractivity contribution in [2.45, 2.75) is 6.92 Å². The van der Waals surface area contributed by atoms with Gasteiger partial charge in [0.05, 0.1) is 27.5 Å². The molecule has 0 aliphatic heterocycles. The van der Waals surface area contributed by atoms with Gasteiger partial charge in [0.15, 0.2) is 0 Å². The quantitative estimate of drug-likeness (QED) is 0.288. The summed E-state index contributed by atoms with van der Waals surface area (Å²) >= 11 is 12.0. The number of carbonyl (C=O) groups is 3. The number of hydrogen-bond donors (Lipinski definition) is 3. The number of anilines is 2. The molecular weight excluding hydrogens is 451 g/mol. The van der Waals surface area contributed by atoms with Crippen molar-refractivity contribution in [1.82, 2.24) is 5.43 Å². The third-order valence-electron chi connectivity index (χ3n) is 4.26. The molecule has 0 radical (unpaired) electrons. The minimum Gasteiger partial charge on any atom is -0.322 e. The molecule has 0 atom stereocenters. The van der Waals surface area contributed by atoms with Crippen LogP contribution in [-0.4, -0.2) is 23.9 Å². The summed E-state index contributed by atoms with van der Waals surface area (Å²) in [6, 6.07) is 18.5. The van der Waals surface area contributed by atoms with Crippen LogP contribution in [0.1, 0.15) is 21.5 Å². The van der Waals surface area contributed by atoms with Crippen molar-refractivity contribution in [2.75, 3.05) is 10.6 Å². The number of rotatable bonds is 5. The fourth-order valence-corrected chi connectivity index (χ4v) is 3.23. The molecule has 0 saturated carbocycles. The van der Waals surface area contributed by atoms with Gasteiger partial charge in [0.2, 0.25) is 0 Å². The third-order valence-corrected chi connectivity index (χ3v) is 4.92. The van der Waals surface area contributed by atoms with Crippen LogP contribution in [0.4, 0.5) is 11.4 Å². The predicted molar refractivity (Wildman–Crippen MR) is 126 cm³/mol. The lowest BCUT2D eigenvalue weighted by Crippen LogP contribution is -2.33. The minimum absolute atomic E-state index is 0.177. The highest BCUT2D eigenvalue weighted by Gasteiger charge is 2.18. The van der Waals surface area contributed by atoms with E-state index in [4.69, 9.17) is 23.2 Å². The summed E-state index contributed by atoms with van der Waals surface area (Å²) in [7, 11) is 0. The van der Waals surface area contributed by atoms with Crippen LogP contribution in [0.15, 0.2) is 71.8 Å². The van der Waals surface area contributed by atoms with E-state index in [0.29, 0.717) is 21.3 Å². The van der Waals surface area contributed by atoms with E-state index < -0.39 is 17.7 Å². The molecule has 0 aromatic heterocycles. The van der Waals surface area contributed by atoms with E-state index >= 15 is 0 Å². The van der Waals surface area contributed by atoms with Gasteiger partial charge in [0, 0.05) is 11.3 Å². The van der Waals surface area contributed by atoms with Crippen LogP contribution < -0.4 is 16.1 Å². The Labute approximate surface area is 194 Å². The number of para-hydroxylation sites is 1. The van der Waals surface area contributed by atoms with Gasteiger partial charge in [-0.05, 0) is 48.9 Å². The van der Waals surface area contributed by atoms with Crippen LogP contribution in [-0.2, 0) is 9.59 Å². The Hall–Kier alpha value is -3.68. The zero-order valence-electron chi connectivity index (χ0n) is 16.9. The molecule has 3 aromatic rings. The van der Waals surface area contributed by atoms with Gasteiger partial charge in [-0.15, -0.1) is 0 Å². The fraction of sp³-hybridized carbons (Fsp3) is 0.0435. The number of halogens is 2. The maximum Gasteiger partial charge on any atom is 0.329 e. The largest absolute Gasteiger partial charge is 0.329 e. The zero-order chi connectivity index (χ0) is 23.1. The third kappa shape index (κ3) is 5.94. The monoisotopic (exact) mass is 468 g/mol. The summed E-state index contributed by atoms with van der Waals surface area (Å²) < 4.78 is 0. The molecule has 3 aromatic carbocycles. The van der Waals surface area contributed by atoms with E-state index in [-0.39, 0.29) is 11.3 Å². The summed E-state index contributed by atoms with van der Waals surface area (Å²) in [4.78, 5) is 37.1. The molecule has 0 spiro atoms. The van der Waals surface area contributed by atoms with Gasteiger partial charge < -0.3 is 10.6 Å². The Balaban J connectivity index is 1.66. The van der Waals surface area contributed by atoms with Crippen LogP contribution in [0.5, 0.6) is 0 Å². The Bertz CT molecular complexity index is 1190. The maximum atomic E-state index is 12.7. The lowest BCUT2D eigenvalue weighted by molar-refractivity contribution is -0.136. The van der Waals surface area contributed by atoms with E-state index in [0.717, 1.165) is 5.56 Å². The molecule has 32 heavy (non-hydrogen) atoms. The second-order valence-electron chi connectivity index (χ2n) is 6.66. The van der Waals surface area contributed by atoms with Crippen molar-refractivity contribution in [3.63, 3.8) is 0 Å². The molecule has 3 N–H and O–H groups in total. The molecule has 0 fully saturated rings. The highest BCUT2D eigenvalue weighted by atomic mass is 35.5. The molecule has 0 aliphatic rings. The normalized spacial score (nSPS) is 10.6. The first-order valence-electron chi connectivity index (χ1n) is 9.40. The van der Waals surface area contributed by atoms with Crippen LogP contribution in [0.2, 0.25) is 10.0 Å². The summed E-state index contributed by atoms with van der Waals surface area (Å²) in [6.07, 6.45) is 1.24. The van der Waals surface area contributed by atoms with Crippen LogP contribution in [0, 0.1) is 6.92 Å². The number of hydrogen-bond acceptors (Lipinski definition) is 4. The van der Waals surface area contributed by atoms with Crippen molar-refractivity contribution >= 4 is 58.5 Å². The first-order chi connectivity index (χ1) is 15.3. The molecule has 7 nitrogen and oxygen atoms in total. The molecule has 3 rings (SSSR count). The molecular formula is C23H18Cl2N4O3. The average molecular weight is 469 g/mol. The molecule has 0 heterocycles. The van der Waals surface area contributed by atoms with E-state index in [1.54, 1.807) is 36.4 Å². The predicted octanol–water partition coefficient (Wildman–Crippen LogP) is 4.64. The smallest absolute Gasteiger partial charge is 0.322 e. The first kappa shape index (κ1) is 23.0. The Morgan fingerprint density at radius 3 is 2.25 bits per heavy atom. The molecule has 0 saturated heterocycles. The molecule has 0 bridgehead atoms. The van der Waals surface area contributed by atoms with E-state index in [9.17, 15) is 14.4 Å². The lowest BCUT2D eigenvalue weighted by atomic mass is 10.1. The number of amides is 3. The SMILES string of the molecule is Cc1cccc(NC(=O)c2ccccc2NC(=O)C(=O)N/N=C\c2c(Cl)cccc2Cl)c1. The highest BCUT2D eigenvalue weighted by Crippen LogP contribution is 2.22. The standard InChI is InChI=1S/C23H18Cl2N4O3/c1-14-6-4-7-15(12-14)27-21(30)16-8-2-3-11-20(16)28-22(31)23(32)29-26-13-17-18(24)9-5-10-19(17)25/h2-13H,1H3,(H,27,30)(H,28,31)(H,29,32)/b26-13-. The van der Waals surface area contributed by atoms with E-state index in [2.05, 4.69) is 21.2 Å². The van der Waals surface area contributed by atoms with Crippen LogP contribution >= 0.6 is 23.2 Å². The van der Waals surface area contributed by atoms with Gasteiger partial charge in [-0.1, -0.05) is 53.5 Å². The zero-order valence-corrected chi connectivity index (χ0v) is 18.4.